The van der Waals surface area contributed by atoms with E-state index in [0.29, 0.717) is 6.54 Å². The van der Waals surface area contributed by atoms with Gasteiger partial charge >= 0.3 is 0 Å². The van der Waals surface area contributed by atoms with Crippen LogP contribution in [0.5, 0.6) is 0 Å². The van der Waals surface area contributed by atoms with Crippen molar-refractivity contribution < 1.29 is 9.59 Å². The predicted octanol–water partition coefficient (Wildman–Crippen LogP) is 1.77. The third kappa shape index (κ3) is 4.00. The van der Waals surface area contributed by atoms with Crippen LogP contribution in [0.15, 0.2) is 30.2 Å². The molecule has 2 amide bonds. The van der Waals surface area contributed by atoms with Crippen LogP contribution in [0, 0.1) is 0 Å². The summed E-state index contributed by atoms with van der Waals surface area (Å²) in [5, 5.41) is 9.03. The maximum atomic E-state index is 12.7. The summed E-state index contributed by atoms with van der Waals surface area (Å²) in [5.74, 6) is -0.0627. The smallest absolute Gasteiger partial charge is 0.225 e. The van der Waals surface area contributed by atoms with Gasteiger partial charge in [0.15, 0.2) is 0 Å². The zero-order valence-corrected chi connectivity index (χ0v) is 14.4. The number of thiophene rings is 1. The van der Waals surface area contributed by atoms with E-state index in [1.54, 1.807) is 17.7 Å². The fraction of sp³-hybridized carbons (Fsp3) is 0.500. The van der Waals surface area contributed by atoms with Crippen LogP contribution < -0.4 is 5.32 Å². The molecule has 1 aliphatic rings. The van der Waals surface area contributed by atoms with Crippen LogP contribution in [-0.4, -0.2) is 44.6 Å². The number of piperidine rings is 1. The van der Waals surface area contributed by atoms with Gasteiger partial charge in [0.25, 0.3) is 0 Å². The van der Waals surface area contributed by atoms with Gasteiger partial charge in [0.05, 0.1) is 18.5 Å². The minimum absolute atomic E-state index is 0.0620. The Labute approximate surface area is 144 Å². The summed E-state index contributed by atoms with van der Waals surface area (Å²) in [5.41, 5.74) is 0. The molecular formula is C16H21N5O2S. The number of likely N-dealkylation sites (tertiary alicyclic amines) is 1. The number of hydrogen-bond acceptors (Lipinski definition) is 5. The normalized spacial score (nSPS) is 19.0. The van der Waals surface area contributed by atoms with Gasteiger partial charge in [-0.15, -0.1) is 11.3 Å². The monoisotopic (exact) mass is 347 g/mol. The highest BCUT2D eigenvalue weighted by Crippen LogP contribution is 2.25. The number of nitrogens with zero attached hydrogens (tertiary/aromatic N) is 4. The van der Waals surface area contributed by atoms with Crippen molar-refractivity contribution in [2.24, 2.45) is 0 Å². The molecule has 0 unspecified atom stereocenters. The summed E-state index contributed by atoms with van der Waals surface area (Å²) in [6.45, 7) is 2.87. The largest absolute Gasteiger partial charge is 0.348 e. The van der Waals surface area contributed by atoms with Gasteiger partial charge in [0.2, 0.25) is 11.8 Å². The predicted molar refractivity (Wildman–Crippen MR) is 90.4 cm³/mol. The molecule has 24 heavy (non-hydrogen) atoms. The zero-order valence-electron chi connectivity index (χ0n) is 13.6. The first-order chi connectivity index (χ1) is 11.6. The minimum atomic E-state index is -0.262. The average Bonchev–Trinajstić information content (AvgIpc) is 3.27. The Morgan fingerprint density at radius 1 is 1.50 bits per heavy atom. The van der Waals surface area contributed by atoms with Crippen LogP contribution >= 0.6 is 11.3 Å². The molecule has 3 heterocycles. The Morgan fingerprint density at radius 2 is 2.38 bits per heavy atom. The Kier molecular flexibility index (Phi) is 5.24. The summed E-state index contributed by atoms with van der Waals surface area (Å²) in [4.78, 5) is 31.1. The first-order valence-corrected chi connectivity index (χ1v) is 8.94. The summed E-state index contributed by atoms with van der Waals surface area (Å²) in [6.07, 6.45) is 5.44. The summed E-state index contributed by atoms with van der Waals surface area (Å²) >= 11 is 1.55. The molecule has 7 nitrogen and oxygen atoms in total. The lowest BCUT2D eigenvalue weighted by molar-refractivity contribution is -0.133. The summed E-state index contributed by atoms with van der Waals surface area (Å²) in [6, 6.07) is 3.79. The Hall–Kier alpha value is -2.22. The first-order valence-electron chi connectivity index (χ1n) is 8.06. The molecule has 8 heteroatoms. The molecule has 0 saturated carbocycles. The van der Waals surface area contributed by atoms with E-state index in [4.69, 9.17) is 0 Å². The van der Waals surface area contributed by atoms with Crippen LogP contribution in [0.2, 0.25) is 0 Å². The lowest BCUT2D eigenvalue weighted by Gasteiger charge is -2.33. The molecule has 128 valence electrons. The SMILES string of the molecule is CC(=O)N[C@@H](CC(=O)N1CCC[C@H](n2cncn2)C1)c1cccs1. The fourth-order valence-electron chi connectivity index (χ4n) is 3.06. The Bertz CT molecular complexity index is 671. The number of rotatable bonds is 5. The molecule has 2 atom stereocenters. The van der Waals surface area contributed by atoms with Crippen molar-refractivity contribution in [3.05, 3.63) is 35.0 Å². The molecule has 1 fully saturated rings. The van der Waals surface area contributed by atoms with E-state index < -0.39 is 0 Å². The van der Waals surface area contributed by atoms with Gasteiger partial charge in [-0.1, -0.05) is 6.07 Å². The van der Waals surface area contributed by atoms with Crippen molar-refractivity contribution in [2.75, 3.05) is 13.1 Å². The van der Waals surface area contributed by atoms with Gasteiger partial charge < -0.3 is 10.2 Å². The van der Waals surface area contributed by atoms with E-state index in [9.17, 15) is 9.59 Å². The molecule has 0 aliphatic carbocycles. The van der Waals surface area contributed by atoms with E-state index in [-0.39, 0.29) is 30.3 Å². The third-order valence-electron chi connectivity index (χ3n) is 4.20. The highest BCUT2D eigenvalue weighted by Gasteiger charge is 2.27. The molecule has 2 aromatic rings. The van der Waals surface area contributed by atoms with E-state index in [1.165, 1.54) is 13.3 Å². The van der Waals surface area contributed by atoms with E-state index in [2.05, 4.69) is 15.4 Å². The van der Waals surface area contributed by atoms with Gasteiger partial charge in [-0.3, -0.25) is 9.59 Å². The molecule has 0 aromatic carbocycles. The molecule has 0 radical (unpaired) electrons. The number of aromatic nitrogens is 3. The molecule has 1 aliphatic heterocycles. The zero-order chi connectivity index (χ0) is 16.9. The van der Waals surface area contributed by atoms with Gasteiger partial charge in [-0.2, -0.15) is 5.10 Å². The van der Waals surface area contributed by atoms with Crippen molar-refractivity contribution in [3.63, 3.8) is 0 Å². The van der Waals surface area contributed by atoms with Crippen LogP contribution in [0.25, 0.3) is 0 Å². The molecule has 2 aromatic heterocycles. The minimum Gasteiger partial charge on any atom is -0.348 e. The van der Waals surface area contributed by atoms with Crippen LogP contribution in [-0.2, 0) is 9.59 Å². The number of amides is 2. The second kappa shape index (κ2) is 7.57. The maximum absolute atomic E-state index is 12.7. The molecule has 1 saturated heterocycles. The quantitative estimate of drug-likeness (QED) is 0.894. The van der Waals surface area contributed by atoms with Crippen molar-refractivity contribution in [1.82, 2.24) is 25.0 Å². The number of hydrogen-bond donors (Lipinski definition) is 1. The third-order valence-corrected chi connectivity index (χ3v) is 5.19. The fourth-order valence-corrected chi connectivity index (χ4v) is 3.84. The van der Waals surface area contributed by atoms with Crippen molar-refractivity contribution >= 4 is 23.2 Å². The molecule has 0 bridgehead atoms. The van der Waals surface area contributed by atoms with E-state index >= 15 is 0 Å². The standard InChI is InChI=1S/C16H21N5O2S/c1-12(22)19-14(15-5-3-7-24-15)8-16(23)20-6-2-4-13(9-20)21-11-17-10-18-21/h3,5,7,10-11,13-14H,2,4,6,8-9H2,1H3,(H,19,22)/t13-,14-/m0/s1. The lowest BCUT2D eigenvalue weighted by Crippen LogP contribution is -2.42. The van der Waals surface area contributed by atoms with Gasteiger partial charge in [-0.05, 0) is 24.3 Å². The number of carbonyl (C=O) groups is 2. The highest BCUT2D eigenvalue weighted by molar-refractivity contribution is 7.10. The highest BCUT2D eigenvalue weighted by atomic mass is 32.1. The van der Waals surface area contributed by atoms with E-state index in [1.807, 2.05) is 27.1 Å². The second-order valence-corrected chi connectivity index (χ2v) is 6.96. The topological polar surface area (TPSA) is 80.1 Å². The molecule has 1 N–H and O–H groups in total. The van der Waals surface area contributed by atoms with Gasteiger partial charge in [-0.25, -0.2) is 9.67 Å². The summed E-state index contributed by atoms with van der Waals surface area (Å²) in [7, 11) is 0. The molecule has 0 spiro atoms. The number of nitrogens with one attached hydrogen (secondary N) is 1. The van der Waals surface area contributed by atoms with Gasteiger partial charge in [0, 0.05) is 24.9 Å². The van der Waals surface area contributed by atoms with E-state index in [0.717, 1.165) is 24.3 Å². The van der Waals surface area contributed by atoms with Crippen molar-refractivity contribution in [3.8, 4) is 0 Å². The van der Waals surface area contributed by atoms with Crippen molar-refractivity contribution in [1.29, 1.82) is 0 Å². The molecular weight excluding hydrogens is 326 g/mol. The van der Waals surface area contributed by atoms with Crippen LogP contribution in [0.1, 0.15) is 43.1 Å². The van der Waals surface area contributed by atoms with Crippen LogP contribution in [0.4, 0.5) is 0 Å². The lowest BCUT2D eigenvalue weighted by atomic mass is 10.0. The number of carbonyl (C=O) groups excluding carboxylic acids is 2. The second-order valence-electron chi connectivity index (χ2n) is 5.98. The van der Waals surface area contributed by atoms with Crippen molar-refractivity contribution in [2.45, 2.75) is 38.3 Å². The summed E-state index contributed by atoms with van der Waals surface area (Å²) < 4.78 is 1.82. The van der Waals surface area contributed by atoms with Gasteiger partial charge in [0.1, 0.15) is 12.7 Å². The van der Waals surface area contributed by atoms with Crippen LogP contribution in [0.3, 0.4) is 0 Å². The first kappa shape index (κ1) is 16.6. The Morgan fingerprint density at radius 3 is 3.04 bits per heavy atom. The maximum Gasteiger partial charge on any atom is 0.225 e. The molecule has 3 rings (SSSR count). The Balaban J connectivity index is 1.65. The average molecular weight is 347 g/mol.